The molecule has 3 unspecified atom stereocenters. The number of fused-ring (bicyclic) bond motifs is 5. The van der Waals surface area contributed by atoms with E-state index in [1.165, 1.54) is 32.1 Å². The Bertz CT molecular complexity index is 944. The van der Waals surface area contributed by atoms with Crippen LogP contribution in [0.15, 0.2) is 23.8 Å². The highest BCUT2D eigenvalue weighted by Gasteiger charge is 2.77. The molecule has 0 radical (unpaired) electrons. The maximum Gasteiger partial charge on any atom is 0.303 e. The predicted molar refractivity (Wildman–Crippen MR) is 108 cm³/mol. The van der Waals surface area contributed by atoms with Crippen molar-refractivity contribution >= 4 is 17.5 Å². The van der Waals surface area contributed by atoms with Crippen molar-refractivity contribution in [2.24, 2.45) is 22.7 Å². The van der Waals surface area contributed by atoms with Gasteiger partial charge in [-0.3, -0.25) is 14.4 Å². The van der Waals surface area contributed by atoms with Crippen molar-refractivity contribution in [2.45, 2.75) is 69.6 Å². The minimum absolute atomic E-state index is 0.133. The standard InChI is InChI=1S/C23H29FO8/c1-11(25)32-10-19(30)23(31)17(28)8-13-14-7-16(27)15-6-12(26)4-5-20(15,2)22(14,24)18(29)9-21(13,23)3/h4-6,13-14,16-18,27-29,31H,7-10H2,1-3H3/t13?,14?,16?,17-,18+,20+,21+,22+,23+/m1/s1. The number of allylic oxidation sites excluding steroid dienone is 3. The Kier molecular flexibility index (Phi) is 5.10. The van der Waals surface area contributed by atoms with Crippen molar-refractivity contribution in [3.05, 3.63) is 23.8 Å². The van der Waals surface area contributed by atoms with Crippen LogP contribution in [0.3, 0.4) is 0 Å². The molecule has 3 fully saturated rings. The van der Waals surface area contributed by atoms with Crippen LogP contribution >= 0.6 is 0 Å². The van der Waals surface area contributed by atoms with E-state index in [1.54, 1.807) is 0 Å². The largest absolute Gasteiger partial charge is 0.458 e. The topological polar surface area (TPSA) is 141 Å². The zero-order valence-electron chi connectivity index (χ0n) is 18.2. The van der Waals surface area contributed by atoms with E-state index in [1.807, 2.05) is 0 Å². The van der Waals surface area contributed by atoms with Crippen molar-refractivity contribution in [1.82, 2.24) is 0 Å². The third kappa shape index (κ3) is 2.65. The smallest absolute Gasteiger partial charge is 0.303 e. The van der Waals surface area contributed by atoms with Gasteiger partial charge in [0.25, 0.3) is 0 Å². The number of ketones is 2. The Morgan fingerprint density at radius 2 is 1.81 bits per heavy atom. The highest BCUT2D eigenvalue weighted by Crippen LogP contribution is 2.69. The van der Waals surface area contributed by atoms with Crippen LogP contribution in [-0.2, 0) is 19.1 Å². The van der Waals surface area contributed by atoms with Crippen molar-refractivity contribution < 1.29 is 43.9 Å². The van der Waals surface area contributed by atoms with Crippen molar-refractivity contribution in [2.75, 3.05) is 6.61 Å². The molecular formula is C23H29FO8. The Hall–Kier alpha value is -1.94. The molecule has 0 aliphatic heterocycles. The molecule has 0 heterocycles. The normalized spacial score (nSPS) is 49.6. The molecule has 4 rings (SSSR count). The highest BCUT2D eigenvalue weighted by molar-refractivity contribution is 6.01. The first-order valence-corrected chi connectivity index (χ1v) is 10.8. The minimum atomic E-state index is -2.37. The molecule has 0 amide bonds. The van der Waals surface area contributed by atoms with Gasteiger partial charge in [-0.05, 0) is 49.8 Å². The lowest BCUT2D eigenvalue weighted by Gasteiger charge is -2.63. The number of aliphatic hydroxyl groups excluding tert-OH is 3. The van der Waals surface area contributed by atoms with Gasteiger partial charge in [0, 0.05) is 23.7 Å². The summed E-state index contributed by atoms with van der Waals surface area (Å²) in [5.74, 6) is -3.82. The lowest BCUT2D eigenvalue weighted by atomic mass is 9.44. The quantitative estimate of drug-likeness (QED) is 0.444. The van der Waals surface area contributed by atoms with E-state index in [2.05, 4.69) is 0 Å². The van der Waals surface area contributed by atoms with Gasteiger partial charge in [0.2, 0.25) is 5.78 Å². The van der Waals surface area contributed by atoms with E-state index in [0.29, 0.717) is 0 Å². The molecule has 4 N–H and O–H groups in total. The lowest BCUT2D eigenvalue weighted by Crippen LogP contribution is -2.71. The summed E-state index contributed by atoms with van der Waals surface area (Å²) in [4.78, 5) is 36.0. The second-order valence-electron chi connectivity index (χ2n) is 10.1. The second-order valence-corrected chi connectivity index (χ2v) is 10.1. The first-order chi connectivity index (χ1) is 14.7. The Morgan fingerprint density at radius 3 is 2.44 bits per heavy atom. The molecule has 0 bridgehead atoms. The fourth-order valence-corrected chi connectivity index (χ4v) is 7.04. The van der Waals surface area contributed by atoms with Gasteiger partial charge in [0.05, 0.1) is 18.3 Å². The number of aliphatic hydroxyl groups is 4. The molecule has 0 aromatic rings. The first kappa shape index (κ1) is 23.2. The molecule has 4 aliphatic carbocycles. The summed E-state index contributed by atoms with van der Waals surface area (Å²) in [5, 5.41) is 44.2. The maximum atomic E-state index is 17.0. The van der Waals surface area contributed by atoms with Crippen LogP contribution in [0.25, 0.3) is 0 Å². The van der Waals surface area contributed by atoms with Gasteiger partial charge >= 0.3 is 5.97 Å². The van der Waals surface area contributed by atoms with Gasteiger partial charge in [-0.15, -0.1) is 0 Å². The third-order valence-electron chi connectivity index (χ3n) is 8.72. The SMILES string of the molecule is CC(=O)OCC(=O)[C@@]1(O)[C@H](O)CC2C3CC(O)C4=CC(=O)C=C[C@]4(C)[C@@]3(F)[C@@H](O)C[C@@]21C. The number of halogens is 1. The van der Waals surface area contributed by atoms with Gasteiger partial charge in [-0.2, -0.15) is 0 Å². The van der Waals surface area contributed by atoms with Gasteiger partial charge in [0.1, 0.15) is 0 Å². The van der Waals surface area contributed by atoms with Gasteiger partial charge in [-0.25, -0.2) is 4.39 Å². The predicted octanol–water partition coefficient (Wildman–Crippen LogP) is 0.162. The molecular weight excluding hydrogens is 423 g/mol. The van der Waals surface area contributed by atoms with E-state index >= 15 is 4.39 Å². The van der Waals surface area contributed by atoms with Gasteiger partial charge < -0.3 is 25.2 Å². The highest BCUT2D eigenvalue weighted by atomic mass is 19.1. The fourth-order valence-electron chi connectivity index (χ4n) is 7.04. The average Bonchev–Trinajstić information content (AvgIpc) is 2.91. The summed E-state index contributed by atoms with van der Waals surface area (Å²) in [6, 6.07) is 0. The Labute approximate surface area is 184 Å². The van der Waals surface area contributed by atoms with Gasteiger partial charge in [-0.1, -0.05) is 13.0 Å². The number of carbonyl (C=O) groups excluding carboxylic acids is 3. The number of ether oxygens (including phenoxy) is 1. The summed E-state index contributed by atoms with van der Waals surface area (Å²) in [6.07, 6.45) is -1.23. The van der Waals surface area contributed by atoms with E-state index < -0.39 is 70.6 Å². The van der Waals surface area contributed by atoms with E-state index in [0.717, 1.165) is 6.92 Å². The zero-order chi connectivity index (χ0) is 23.9. The first-order valence-electron chi connectivity index (χ1n) is 10.8. The van der Waals surface area contributed by atoms with Crippen molar-refractivity contribution in [1.29, 1.82) is 0 Å². The van der Waals surface area contributed by atoms with Gasteiger partial charge in [0.15, 0.2) is 23.7 Å². The molecule has 8 nitrogen and oxygen atoms in total. The number of rotatable bonds is 3. The van der Waals surface area contributed by atoms with Crippen LogP contribution in [0.2, 0.25) is 0 Å². The molecule has 0 spiro atoms. The second kappa shape index (κ2) is 7.03. The molecule has 0 aromatic carbocycles. The van der Waals surface area contributed by atoms with Crippen LogP contribution in [0.4, 0.5) is 4.39 Å². The summed E-state index contributed by atoms with van der Waals surface area (Å²) >= 11 is 0. The molecule has 3 saturated carbocycles. The van der Waals surface area contributed by atoms with Crippen LogP contribution in [0, 0.1) is 22.7 Å². The van der Waals surface area contributed by atoms with E-state index in [-0.39, 0.29) is 30.6 Å². The van der Waals surface area contributed by atoms with Crippen LogP contribution in [-0.4, -0.2) is 74.2 Å². The Morgan fingerprint density at radius 1 is 1.16 bits per heavy atom. The molecule has 9 atom stereocenters. The monoisotopic (exact) mass is 452 g/mol. The molecule has 0 saturated heterocycles. The van der Waals surface area contributed by atoms with Crippen LogP contribution in [0.1, 0.15) is 40.0 Å². The van der Waals surface area contributed by atoms with Crippen molar-refractivity contribution in [3.63, 3.8) is 0 Å². The van der Waals surface area contributed by atoms with Crippen LogP contribution < -0.4 is 0 Å². The number of hydrogen-bond acceptors (Lipinski definition) is 8. The number of Topliss-reactive ketones (excluding diaryl/α,β-unsaturated/α-hetero) is 1. The fraction of sp³-hybridized carbons (Fsp3) is 0.696. The third-order valence-corrected chi connectivity index (χ3v) is 8.72. The lowest BCUT2D eigenvalue weighted by molar-refractivity contribution is -0.229. The molecule has 0 aromatic heterocycles. The summed E-state index contributed by atoms with van der Waals surface area (Å²) in [5.41, 5.74) is -7.39. The summed E-state index contributed by atoms with van der Waals surface area (Å²) < 4.78 is 21.7. The average molecular weight is 452 g/mol. The van der Waals surface area contributed by atoms with E-state index in [9.17, 15) is 34.8 Å². The number of alkyl halides is 1. The van der Waals surface area contributed by atoms with E-state index in [4.69, 9.17) is 4.74 Å². The maximum absolute atomic E-state index is 17.0. The number of carbonyl (C=O) groups is 3. The molecule has 176 valence electrons. The minimum Gasteiger partial charge on any atom is -0.458 e. The molecule has 32 heavy (non-hydrogen) atoms. The van der Waals surface area contributed by atoms with Crippen LogP contribution in [0.5, 0.6) is 0 Å². The zero-order valence-corrected chi connectivity index (χ0v) is 18.2. The molecule has 9 heteroatoms. The molecule has 4 aliphatic rings. The number of hydrogen-bond donors (Lipinski definition) is 4. The summed E-state index contributed by atoms with van der Waals surface area (Å²) in [7, 11) is 0. The Balaban J connectivity index is 1.79. The van der Waals surface area contributed by atoms with Crippen molar-refractivity contribution in [3.8, 4) is 0 Å². The summed E-state index contributed by atoms with van der Waals surface area (Å²) in [6.45, 7) is 3.38. The number of esters is 1.